The van der Waals surface area contributed by atoms with Gasteiger partial charge in [0.2, 0.25) is 6.41 Å². The topological polar surface area (TPSA) is 94.2 Å². The summed E-state index contributed by atoms with van der Waals surface area (Å²) in [4.78, 5) is 26.8. The number of carbonyl (C=O) groups excluding carboxylic acids is 2. The van der Waals surface area contributed by atoms with E-state index in [4.69, 9.17) is 15.2 Å². The molecule has 0 aliphatic carbocycles. The molecule has 2 rings (SSSR count). The number of amidine groups is 1. The third kappa shape index (κ3) is 2.58. The Balaban J connectivity index is 2.08. The smallest absolute Gasteiger partial charge is 0.311 e. The molecule has 1 amide bonds. The van der Waals surface area contributed by atoms with E-state index in [1.165, 1.54) is 7.05 Å². The van der Waals surface area contributed by atoms with E-state index in [1.54, 1.807) is 0 Å². The first-order valence-electron chi connectivity index (χ1n) is 5.71. The third-order valence-electron chi connectivity index (χ3n) is 3.13. The van der Waals surface area contributed by atoms with Gasteiger partial charge >= 0.3 is 5.97 Å². The summed E-state index contributed by atoms with van der Waals surface area (Å²) in [5.41, 5.74) is 5.28. The van der Waals surface area contributed by atoms with E-state index in [0.29, 0.717) is 6.41 Å². The zero-order valence-electron chi connectivity index (χ0n) is 10.3. The lowest BCUT2D eigenvalue weighted by atomic mass is 10.0. The fraction of sp³-hybridized carbons (Fsp3) is 0.545. The van der Waals surface area contributed by atoms with Crippen molar-refractivity contribution in [1.29, 1.82) is 0 Å². The van der Waals surface area contributed by atoms with Gasteiger partial charge in [0.05, 0.1) is 5.92 Å². The Morgan fingerprint density at radius 3 is 2.95 bits per heavy atom. The van der Waals surface area contributed by atoms with Gasteiger partial charge in [-0.05, 0) is 0 Å². The zero-order chi connectivity index (χ0) is 14.0. The summed E-state index contributed by atoms with van der Waals surface area (Å²) in [6.07, 6.45) is 0.519. The van der Waals surface area contributed by atoms with Gasteiger partial charge in [-0.1, -0.05) is 0 Å². The molecule has 2 heterocycles. The van der Waals surface area contributed by atoms with Gasteiger partial charge in [-0.2, -0.15) is 0 Å². The van der Waals surface area contributed by atoms with E-state index in [1.807, 2.05) is 0 Å². The number of aliphatic imine (C=N–C) groups is 1. The third-order valence-corrected chi connectivity index (χ3v) is 3.13. The van der Waals surface area contributed by atoms with E-state index in [9.17, 15) is 14.0 Å². The predicted octanol–water partition coefficient (Wildman–Crippen LogP) is -0.469. The van der Waals surface area contributed by atoms with E-state index in [2.05, 4.69) is 4.99 Å². The van der Waals surface area contributed by atoms with Gasteiger partial charge in [0.15, 0.2) is 11.7 Å². The highest BCUT2D eigenvalue weighted by Crippen LogP contribution is 2.33. The lowest BCUT2D eigenvalue weighted by Crippen LogP contribution is -2.31. The van der Waals surface area contributed by atoms with Crippen LogP contribution >= 0.6 is 0 Å². The minimum absolute atomic E-state index is 0.164. The van der Waals surface area contributed by atoms with Gasteiger partial charge in [0.25, 0.3) is 0 Å². The molecule has 104 valence electrons. The minimum Gasteiger partial charge on any atom is -0.463 e. The van der Waals surface area contributed by atoms with Crippen molar-refractivity contribution < 1.29 is 23.5 Å². The molecule has 3 unspecified atom stereocenters. The zero-order valence-corrected chi connectivity index (χ0v) is 10.3. The van der Waals surface area contributed by atoms with Crippen molar-refractivity contribution in [2.75, 3.05) is 13.7 Å². The number of amides is 1. The molecule has 0 aromatic heterocycles. The van der Waals surface area contributed by atoms with Gasteiger partial charge < -0.3 is 15.2 Å². The second-order valence-corrected chi connectivity index (χ2v) is 4.24. The van der Waals surface area contributed by atoms with Crippen LogP contribution in [0, 0.1) is 5.92 Å². The van der Waals surface area contributed by atoms with Crippen LogP contribution in [0.3, 0.4) is 0 Å². The fourth-order valence-electron chi connectivity index (χ4n) is 2.07. The molecular weight excluding hydrogens is 257 g/mol. The Hall–Kier alpha value is -1.96. The maximum Gasteiger partial charge on any atom is 0.311 e. The first kappa shape index (κ1) is 13.5. The Bertz CT molecular complexity index is 451. The molecule has 3 atom stereocenters. The SMILES string of the molecule is CN=C(N)/C(F)=C\N(C=O)C1CC2C(=O)OCC2O1. The molecule has 0 spiro atoms. The van der Waals surface area contributed by atoms with Gasteiger partial charge in [-0.25, -0.2) is 4.39 Å². The van der Waals surface area contributed by atoms with E-state index in [-0.39, 0.29) is 30.9 Å². The van der Waals surface area contributed by atoms with Crippen LogP contribution in [-0.2, 0) is 19.1 Å². The molecule has 0 aromatic carbocycles. The van der Waals surface area contributed by atoms with Crippen LogP contribution in [0.25, 0.3) is 0 Å². The molecule has 2 N–H and O–H groups in total. The summed E-state index contributed by atoms with van der Waals surface area (Å²) >= 11 is 0. The fourth-order valence-corrected chi connectivity index (χ4v) is 2.07. The van der Waals surface area contributed by atoms with Crippen LogP contribution in [0.15, 0.2) is 17.0 Å². The number of halogens is 1. The van der Waals surface area contributed by atoms with Crippen molar-refractivity contribution >= 4 is 18.2 Å². The molecule has 19 heavy (non-hydrogen) atoms. The molecule has 0 aromatic rings. The van der Waals surface area contributed by atoms with Crippen LogP contribution in [0.5, 0.6) is 0 Å². The highest BCUT2D eigenvalue weighted by Gasteiger charge is 2.47. The highest BCUT2D eigenvalue weighted by molar-refractivity contribution is 5.94. The van der Waals surface area contributed by atoms with Crippen molar-refractivity contribution in [2.24, 2.45) is 16.6 Å². The lowest BCUT2D eigenvalue weighted by Gasteiger charge is -2.21. The number of fused-ring (bicyclic) bond motifs is 1. The van der Waals surface area contributed by atoms with Crippen molar-refractivity contribution in [3.8, 4) is 0 Å². The molecule has 2 aliphatic rings. The number of nitrogens with zero attached hydrogens (tertiary/aromatic N) is 2. The first-order chi connectivity index (χ1) is 9.06. The normalized spacial score (nSPS) is 31.1. The van der Waals surface area contributed by atoms with Crippen molar-refractivity contribution in [1.82, 2.24) is 4.90 Å². The van der Waals surface area contributed by atoms with E-state index in [0.717, 1.165) is 11.1 Å². The van der Waals surface area contributed by atoms with Crippen molar-refractivity contribution in [2.45, 2.75) is 18.8 Å². The Labute approximate surface area is 108 Å². The van der Waals surface area contributed by atoms with Crippen LogP contribution in [0.4, 0.5) is 4.39 Å². The number of esters is 1. The van der Waals surface area contributed by atoms with Crippen LogP contribution in [-0.4, -0.2) is 49.1 Å². The van der Waals surface area contributed by atoms with Crippen LogP contribution in [0.2, 0.25) is 0 Å². The Morgan fingerprint density at radius 2 is 2.37 bits per heavy atom. The standard InChI is InChI=1S/C11H14FN3O4/c1-14-10(13)7(12)3-15(5-16)9-2-6-8(19-9)4-18-11(6)17/h3,5-6,8-9H,2,4H2,1H3,(H2,13,14)/b7-3+. The molecule has 8 heteroatoms. The number of cyclic esters (lactones) is 1. The molecule has 0 saturated carbocycles. The number of hydrogen-bond acceptors (Lipinski definition) is 5. The number of nitrogens with two attached hydrogens (primary N) is 1. The largest absolute Gasteiger partial charge is 0.463 e. The molecule has 7 nitrogen and oxygen atoms in total. The van der Waals surface area contributed by atoms with E-state index < -0.39 is 18.0 Å². The molecule has 2 saturated heterocycles. The van der Waals surface area contributed by atoms with Gasteiger partial charge in [-0.3, -0.25) is 19.5 Å². The van der Waals surface area contributed by atoms with Gasteiger partial charge in [0.1, 0.15) is 18.9 Å². The van der Waals surface area contributed by atoms with Crippen LogP contribution in [0.1, 0.15) is 6.42 Å². The summed E-state index contributed by atoms with van der Waals surface area (Å²) in [5.74, 6) is -1.90. The van der Waals surface area contributed by atoms with Gasteiger partial charge in [-0.15, -0.1) is 0 Å². The summed E-state index contributed by atoms with van der Waals surface area (Å²) in [6.45, 7) is 0.164. The molecule has 2 fully saturated rings. The monoisotopic (exact) mass is 271 g/mol. The predicted molar refractivity (Wildman–Crippen MR) is 62.4 cm³/mol. The highest BCUT2D eigenvalue weighted by atomic mass is 19.1. The number of rotatable bonds is 4. The summed E-state index contributed by atoms with van der Waals surface area (Å²) in [5, 5.41) is 0. The molecule has 0 radical (unpaired) electrons. The number of hydrogen-bond donors (Lipinski definition) is 1. The average Bonchev–Trinajstić information content (AvgIpc) is 2.97. The van der Waals surface area contributed by atoms with Crippen molar-refractivity contribution in [3.05, 3.63) is 12.0 Å². The van der Waals surface area contributed by atoms with Crippen LogP contribution < -0.4 is 5.73 Å². The Morgan fingerprint density at radius 1 is 1.63 bits per heavy atom. The van der Waals surface area contributed by atoms with Gasteiger partial charge in [0, 0.05) is 19.7 Å². The summed E-state index contributed by atoms with van der Waals surface area (Å²) in [6, 6.07) is 0. The second kappa shape index (κ2) is 5.35. The summed E-state index contributed by atoms with van der Waals surface area (Å²) in [7, 11) is 1.33. The quantitative estimate of drug-likeness (QED) is 0.323. The van der Waals surface area contributed by atoms with Crippen molar-refractivity contribution in [3.63, 3.8) is 0 Å². The number of carbonyl (C=O) groups is 2. The second-order valence-electron chi connectivity index (χ2n) is 4.24. The maximum atomic E-state index is 13.5. The molecule has 0 bridgehead atoms. The minimum atomic E-state index is -0.835. The van der Waals surface area contributed by atoms with E-state index >= 15 is 0 Å². The lowest BCUT2D eigenvalue weighted by molar-refractivity contribution is -0.143. The Kier molecular flexibility index (Phi) is 3.79. The number of ether oxygens (including phenoxy) is 2. The molecule has 2 aliphatic heterocycles. The summed E-state index contributed by atoms with van der Waals surface area (Å²) < 4.78 is 23.8. The first-order valence-corrected chi connectivity index (χ1v) is 5.71. The molecular formula is C11H14FN3O4. The maximum absolute atomic E-state index is 13.5. The average molecular weight is 271 g/mol.